The van der Waals surface area contributed by atoms with Gasteiger partial charge in [0, 0.05) is 0 Å². The molecule has 0 spiro atoms. The minimum Gasteiger partial charge on any atom is -0.495 e. The lowest BCUT2D eigenvalue weighted by Gasteiger charge is -2.29. The van der Waals surface area contributed by atoms with Gasteiger partial charge in [0.1, 0.15) is 5.75 Å². The smallest absolute Gasteiger partial charge is 0.235 e. The van der Waals surface area contributed by atoms with Crippen LogP contribution in [0.15, 0.2) is 4.99 Å². The number of methoxy groups -OCH3 is 1. The van der Waals surface area contributed by atoms with Crippen LogP contribution in [0.1, 0.15) is 47.9 Å². The molecule has 0 saturated heterocycles. The molecule has 0 radical (unpaired) electrons. The maximum absolute atomic E-state index is 10.9. The van der Waals surface area contributed by atoms with Crippen LogP contribution in [0.4, 0.5) is 0 Å². The molecule has 0 aromatic heterocycles. The van der Waals surface area contributed by atoms with Crippen molar-refractivity contribution in [3.05, 3.63) is 27.3 Å². The van der Waals surface area contributed by atoms with Crippen LogP contribution in [-0.4, -0.2) is 13.2 Å². The topological polar surface area (TPSA) is 38.7 Å². The maximum Gasteiger partial charge on any atom is 0.235 e. The Morgan fingerprint density at radius 1 is 1.15 bits per heavy atom. The van der Waals surface area contributed by atoms with Crippen LogP contribution >= 0.6 is 11.6 Å². The van der Waals surface area contributed by atoms with Crippen molar-refractivity contribution in [1.82, 2.24) is 0 Å². The highest BCUT2D eigenvalue weighted by atomic mass is 35.5. The molecule has 1 aromatic carbocycles. The third-order valence-electron chi connectivity index (χ3n) is 4.54. The number of carbonyl (C=O) groups excluding carboxylic acids is 1. The summed E-state index contributed by atoms with van der Waals surface area (Å²) in [7, 11) is 1.63. The van der Waals surface area contributed by atoms with Crippen LogP contribution < -0.4 is 4.74 Å². The fourth-order valence-electron chi connectivity index (χ4n) is 3.49. The molecule has 0 heterocycles. The molecule has 108 valence electrons. The molecule has 4 heteroatoms. The summed E-state index contributed by atoms with van der Waals surface area (Å²) in [6.45, 7) is 6.03. The van der Waals surface area contributed by atoms with Crippen molar-refractivity contribution in [1.29, 1.82) is 0 Å². The SMILES string of the molecule is COc1c(C)c(C)c(C2(N=C=O)CCCC2)c(C)c1Cl. The molecule has 1 aromatic rings. The van der Waals surface area contributed by atoms with E-state index in [0.29, 0.717) is 10.8 Å². The number of aliphatic imine (C=N–C) groups is 1. The molecule has 1 aliphatic rings. The van der Waals surface area contributed by atoms with E-state index >= 15 is 0 Å². The second kappa shape index (κ2) is 5.59. The van der Waals surface area contributed by atoms with Gasteiger partial charge in [-0.05, 0) is 55.9 Å². The molecule has 0 amide bonds. The molecule has 3 nitrogen and oxygen atoms in total. The number of hydrogen-bond donors (Lipinski definition) is 0. The number of benzene rings is 1. The van der Waals surface area contributed by atoms with Gasteiger partial charge in [-0.15, -0.1) is 0 Å². The lowest BCUT2D eigenvalue weighted by molar-refractivity contribution is 0.408. The molecule has 0 bridgehead atoms. The van der Waals surface area contributed by atoms with Crippen molar-refractivity contribution in [2.75, 3.05) is 7.11 Å². The largest absolute Gasteiger partial charge is 0.495 e. The molecular weight excluding hydrogens is 274 g/mol. The molecule has 0 atom stereocenters. The highest BCUT2D eigenvalue weighted by Crippen LogP contribution is 2.48. The van der Waals surface area contributed by atoms with Crippen LogP contribution in [0.2, 0.25) is 5.02 Å². The van der Waals surface area contributed by atoms with Crippen LogP contribution in [0.3, 0.4) is 0 Å². The highest BCUT2D eigenvalue weighted by molar-refractivity contribution is 6.33. The lowest BCUT2D eigenvalue weighted by Crippen LogP contribution is -2.23. The minimum absolute atomic E-state index is 0.448. The van der Waals surface area contributed by atoms with E-state index in [1.165, 1.54) is 0 Å². The van der Waals surface area contributed by atoms with Crippen LogP contribution in [0, 0.1) is 20.8 Å². The predicted molar refractivity (Wildman–Crippen MR) is 80.5 cm³/mol. The first-order valence-corrected chi connectivity index (χ1v) is 7.29. The van der Waals surface area contributed by atoms with Gasteiger partial charge in [0.2, 0.25) is 6.08 Å². The fraction of sp³-hybridized carbons (Fsp3) is 0.562. The number of nitrogens with zero attached hydrogens (tertiary/aromatic N) is 1. The van der Waals surface area contributed by atoms with Gasteiger partial charge in [-0.1, -0.05) is 24.4 Å². The van der Waals surface area contributed by atoms with E-state index in [1.54, 1.807) is 13.2 Å². The van der Waals surface area contributed by atoms with Crippen molar-refractivity contribution in [3.63, 3.8) is 0 Å². The Bertz CT molecular complexity index is 554. The predicted octanol–water partition coefficient (Wildman–Crippen LogP) is 4.38. The Balaban J connectivity index is 2.77. The first kappa shape index (κ1) is 15.1. The van der Waals surface area contributed by atoms with Gasteiger partial charge in [0.15, 0.2) is 0 Å². The van der Waals surface area contributed by atoms with Crippen LogP contribution in [0.25, 0.3) is 0 Å². The standard InChI is InChI=1S/C16H20ClNO2/c1-10-11(2)15(20-4)14(17)12(3)13(10)16(18-9-19)7-5-6-8-16/h5-8H2,1-4H3. The molecule has 0 N–H and O–H groups in total. The zero-order valence-electron chi connectivity index (χ0n) is 12.5. The normalized spacial score (nSPS) is 16.9. The van der Waals surface area contributed by atoms with Gasteiger partial charge in [-0.2, -0.15) is 4.99 Å². The van der Waals surface area contributed by atoms with E-state index in [4.69, 9.17) is 16.3 Å². The first-order valence-electron chi connectivity index (χ1n) is 6.91. The Hall–Kier alpha value is -1.31. The van der Waals surface area contributed by atoms with E-state index in [0.717, 1.165) is 47.9 Å². The number of halogens is 1. The summed E-state index contributed by atoms with van der Waals surface area (Å²) in [6, 6.07) is 0. The maximum atomic E-state index is 10.9. The average molecular weight is 294 g/mol. The quantitative estimate of drug-likeness (QED) is 0.613. The fourth-order valence-corrected chi connectivity index (χ4v) is 3.80. The number of isocyanates is 1. The summed E-state index contributed by atoms with van der Waals surface area (Å²) < 4.78 is 5.41. The van der Waals surface area contributed by atoms with Crippen molar-refractivity contribution in [3.8, 4) is 5.75 Å². The highest BCUT2D eigenvalue weighted by Gasteiger charge is 2.39. The number of rotatable bonds is 3. The summed E-state index contributed by atoms with van der Waals surface area (Å²) in [4.78, 5) is 15.1. The van der Waals surface area contributed by atoms with Gasteiger partial charge in [0.05, 0.1) is 17.7 Å². The Morgan fingerprint density at radius 3 is 2.25 bits per heavy atom. The summed E-state index contributed by atoms with van der Waals surface area (Å²) in [5.41, 5.74) is 3.74. The van der Waals surface area contributed by atoms with E-state index in [9.17, 15) is 4.79 Å². The first-order chi connectivity index (χ1) is 9.48. The van der Waals surface area contributed by atoms with Gasteiger partial charge in [0.25, 0.3) is 0 Å². The summed E-state index contributed by atoms with van der Waals surface area (Å²) in [5, 5.41) is 0.623. The van der Waals surface area contributed by atoms with Gasteiger partial charge < -0.3 is 4.74 Å². The Kier molecular flexibility index (Phi) is 4.22. The number of hydrogen-bond acceptors (Lipinski definition) is 3. The zero-order valence-corrected chi connectivity index (χ0v) is 13.2. The van der Waals surface area contributed by atoms with E-state index in [2.05, 4.69) is 11.9 Å². The molecular formula is C16H20ClNO2. The molecule has 1 saturated carbocycles. The van der Waals surface area contributed by atoms with Gasteiger partial charge >= 0.3 is 0 Å². The van der Waals surface area contributed by atoms with Crippen molar-refractivity contribution < 1.29 is 9.53 Å². The molecule has 1 fully saturated rings. The van der Waals surface area contributed by atoms with Gasteiger partial charge in [-0.25, -0.2) is 4.79 Å². The summed E-state index contributed by atoms with van der Waals surface area (Å²) in [5.74, 6) is 0.716. The summed E-state index contributed by atoms with van der Waals surface area (Å²) >= 11 is 6.45. The molecule has 1 aliphatic carbocycles. The van der Waals surface area contributed by atoms with Crippen molar-refractivity contribution >= 4 is 17.7 Å². The molecule has 0 aliphatic heterocycles. The van der Waals surface area contributed by atoms with Gasteiger partial charge in [-0.3, -0.25) is 0 Å². The average Bonchev–Trinajstić information content (AvgIpc) is 2.87. The lowest BCUT2D eigenvalue weighted by atomic mass is 9.81. The zero-order chi connectivity index (χ0) is 14.9. The monoisotopic (exact) mass is 293 g/mol. The van der Waals surface area contributed by atoms with Crippen molar-refractivity contribution in [2.45, 2.75) is 52.0 Å². The number of ether oxygens (including phenoxy) is 1. The van der Waals surface area contributed by atoms with E-state index in [1.807, 2.05) is 13.8 Å². The third kappa shape index (κ3) is 2.15. The molecule has 20 heavy (non-hydrogen) atoms. The summed E-state index contributed by atoms with van der Waals surface area (Å²) in [6.07, 6.45) is 5.69. The van der Waals surface area contributed by atoms with E-state index < -0.39 is 5.54 Å². The molecule has 2 rings (SSSR count). The van der Waals surface area contributed by atoms with Crippen LogP contribution in [-0.2, 0) is 10.3 Å². The molecule has 0 unspecified atom stereocenters. The Labute approximate surface area is 125 Å². The van der Waals surface area contributed by atoms with E-state index in [-0.39, 0.29) is 0 Å². The second-order valence-electron chi connectivity index (χ2n) is 5.54. The Morgan fingerprint density at radius 2 is 1.75 bits per heavy atom. The van der Waals surface area contributed by atoms with Crippen molar-refractivity contribution in [2.24, 2.45) is 4.99 Å². The second-order valence-corrected chi connectivity index (χ2v) is 5.92. The minimum atomic E-state index is -0.448. The third-order valence-corrected chi connectivity index (χ3v) is 5.00. The van der Waals surface area contributed by atoms with Crippen LogP contribution in [0.5, 0.6) is 5.75 Å².